The van der Waals surface area contributed by atoms with Gasteiger partial charge in [-0.2, -0.15) is 0 Å². The van der Waals surface area contributed by atoms with E-state index in [-0.39, 0.29) is 11.5 Å². The normalized spacial score (nSPS) is 12.1. The van der Waals surface area contributed by atoms with E-state index in [0.29, 0.717) is 5.75 Å². The van der Waals surface area contributed by atoms with Crippen molar-refractivity contribution in [1.82, 2.24) is 4.31 Å². The number of benzene rings is 2. The number of nitrogens with one attached hydrogen (secondary N) is 1. The van der Waals surface area contributed by atoms with E-state index in [1.165, 1.54) is 35.8 Å². The minimum Gasteiger partial charge on any atom is -0.407 e. The molecule has 0 unspecified atom stereocenters. The van der Waals surface area contributed by atoms with Crippen LogP contribution in [0.5, 0.6) is 5.75 Å². The maximum absolute atomic E-state index is 13.4. The van der Waals surface area contributed by atoms with Crippen LogP contribution in [0.3, 0.4) is 0 Å². The molecule has 1 N–H and O–H groups in total. The molecule has 0 bridgehead atoms. The lowest BCUT2D eigenvalue weighted by atomic mass is 9.87. The molecule has 2 aromatic carbocycles. The van der Waals surface area contributed by atoms with Crippen LogP contribution < -0.4 is 10.1 Å². The molecule has 0 aromatic heterocycles. The molecule has 0 fully saturated rings. The number of carbonyl (C=O) groups excluding carboxylic acids is 1. The van der Waals surface area contributed by atoms with E-state index in [1.54, 1.807) is 15.1 Å². The molecule has 36 heavy (non-hydrogen) atoms. The minimum absolute atomic E-state index is 0.112. The van der Waals surface area contributed by atoms with Gasteiger partial charge in [0.15, 0.2) is 5.75 Å². The van der Waals surface area contributed by atoms with Crippen molar-refractivity contribution < 1.29 is 9.53 Å². The van der Waals surface area contributed by atoms with Crippen molar-refractivity contribution in [2.24, 2.45) is 5.92 Å². The zero-order chi connectivity index (χ0) is 26.9. The molecule has 0 aliphatic carbocycles. The van der Waals surface area contributed by atoms with E-state index in [1.807, 2.05) is 39.0 Å². The highest BCUT2D eigenvalue weighted by atomic mass is 79.9. The number of hydrogen-bond donors (Lipinski definition) is 1. The molecular formula is C29H43BrN2O2S2. The Balaban J connectivity index is 2.08. The van der Waals surface area contributed by atoms with Crippen LogP contribution in [0.15, 0.2) is 51.8 Å². The van der Waals surface area contributed by atoms with Gasteiger partial charge >= 0.3 is 6.09 Å². The molecule has 2 aromatic rings. The summed E-state index contributed by atoms with van der Waals surface area (Å²) in [6.45, 7) is 18.0. The van der Waals surface area contributed by atoms with Crippen LogP contribution in [0.1, 0.15) is 86.6 Å². The maximum Gasteiger partial charge on any atom is 0.426 e. The fourth-order valence-corrected chi connectivity index (χ4v) is 6.59. The molecule has 0 saturated carbocycles. The van der Waals surface area contributed by atoms with Crippen LogP contribution >= 0.6 is 37.7 Å². The Bertz CT molecular complexity index is 965. The second kappa shape index (κ2) is 14.0. The maximum atomic E-state index is 13.4. The topological polar surface area (TPSA) is 41.6 Å². The van der Waals surface area contributed by atoms with E-state index in [0.717, 1.165) is 33.9 Å². The fraction of sp³-hybridized carbons (Fsp3) is 0.552. The quantitative estimate of drug-likeness (QED) is 0.159. The average molecular weight is 596 g/mol. The second-order valence-corrected chi connectivity index (χ2v) is 14.1. The van der Waals surface area contributed by atoms with E-state index >= 15 is 0 Å². The van der Waals surface area contributed by atoms with Crippen molar-refractivity contribution in [2.45, 2.75) is 96.9 Å². The predicted octanol–water partition coefficient (Wildman–Crippen LogP) is 10.3. The Kier molecular flexibility index (Phi) is 12.0. The van der Waals surface area contributed by atoms with E-state index in [2.05, 4.69) is 80.1 Å². The summed E-state index contributed by atoms with van der Waals surface area (Å²) in [6.07, 6.45) is 4.32. The van der Waals surface area contributed by atoms with Gasteiger partial charge in [0.2, 0.25) is 0 Å². The molecule has 0 spiro atoms. The third-order valence-corrected chi connectivity index (χ3v) is 9.42. The van der Waals surface area contributed by atoms with Crippen molar-refractivity contribution in [3.8, 4) is 5.75 Å². The first-order chi connectivity index (χ1) is 16.9. The summed E-state index contributed by atoms with van der Waals surface area (Å²) in [6, 6.07) is 14.2. The molecule has 4 nitrogen and oxygen atoms in total. The largest absolute Gasteiger partial charge is 0.426 e. The summed E-state index contributed by atoms with van der Waals surface area (Å²) < 4.78 is 8.54. The first-order valence-electron chi connectivity index (χ1n) is 12.9. The Morgan fingerprint density at radius 3 is 2.22 bits per heavy atom. The number of nitrogens with zero attached hydrogens (tertiary/aromatic N) is 1. The lowest BCUT2D eigenvalue weighted by molar-refractivity contribution is 0.159. The smallest absolute Gasteiger partial charge is 0.407 e. The van der Waals surface area contributed by atoms with Gasteiger partial charge in [0.1, 0.15) is 0 Å². The van der Waals surface area contributed by atoms with Crippen LogP contribution in [0.25, 0.3) is 0 Å². The first kappa shape index (κ1) is 30.9. The van der Waals surface area contributed by atoms with Crippen LogP contribution in [0.4, 0.5) is 10.5 Å². The van der Waals surface area contributed by atoms with Crippen molar-refractivity contribution in [1.29, 1.82) is 0 Å². The summed E-state index contributed by atoms with van der Waals surface area (Å²) in [4.78, 5) is 14.4. The van der Waals surface area contributed by atoms with Crippen molar-refractivity contribution in [3.63, 3.8) is 0 Å². The lowest BCUT2D eigenvalue weighted by Gasteiger charge is -2.32. The lowest BCUT2D eigenvalue weighted by Crippen LogP contribution is -2.41. The van der Waals surface area contributed by atoms with Gasteiger partial charge in [0, 0.05) is 26.9 Å². The number of rotatable bonds is 11. The molecule has 0 radical (unpaired) electrons. The summed E-state index contributed by atoms with van der Waals surface area (Å²) in [5.74, 6) is 1.30. The molecule has 0 aliphatic rings. The number of hydrogen-bond acceptors (Lipinski definition) is 5. The highest BCUT2D eigenvalue weighted by Crippen LogP contribution is 2.40. The van der Waals surface area contributed by atoms with Gasteiger partial charge in [0.25, 0.3) is 0 Å². The predicted molar refractivity (Wildman–Crippen MR) is 162 cm³/mol. The van der Waals surface area contributed by atoms with Crippen molar-refractivity contribution in [2.75, 3.05) is 11.9 Å². The summed E-state index contributed by atoms with van der Waals surface area (Å²) in [7, 11) is 2.97. The molecular weight excluding hydrogens is 552 g/mol. The van der Waals surface area contributed by atoms with Crippen molar-refractivity contribution in [3.05, 3.63) is 52.5 Å². The average Bonchev–Trinajstić information content (AvgIpc) is 2.79. The summed E-state index contributed by atoms with van der Waals surface area (Å²) >= 11 is 3.63. The van der Waals surface area contributed by atoms with Crippen LogP contribution in [-0.2, 0) is 5.41 Å². The number of amides is 1. The molecule has 0 saturated heterocycles. The third kappa shape index (κ3) is 9.53. The van der Waals surface area contributed by atoms with E-state index in [4.69, 9.17) is 4.74 Å². The van der Waals surface area contributed by atoms with Gasteiger partial charge in [0.05, 0.1) is 11.2 Å². The molecule has 7 heteroatoms. The molecule has 0 atom stereocenters. The monoisotopic (exact) mass is 594 g/mol. The summed E-state index contributed by atoms with van der Waals surface area (Å²) in [5, 5.41) is 3.49. The van der Waals surface area contributed by atoms with Crippen LogP contribution in [0, 0.1) is 5.92 Å². The van der Waals surface area contributed by atoms with Gasteiger partial charge in [-0.1, -0.05) is 65.7 Å². The Labute approximate surface area is 235 Å². The third-order valence-electron chi connectivity index (χ3n) is 6.12. The minimum atomic E-state index is -0.422. The number of ether oxygens (including phenoxy) is 1. The zero-order valence-corrected chi connectivity index (χ0v) is 26.3. The Morgan fingerprint density at radius 2 is 1.67 bits per heavy atom. The zero-order valence-electron chi connectivity index (χ0n) is 23.1. The van der Waals surface area contributed by atoms with Crippen LogP contribution in [0.2, 0.25) is 0 Å². The first-order valence-corrected chi connectivity index (χ1v) is 15.8. The molecule has 2 rings (SSSR count). The van der Waals surface area contributed by atoms with Gasteiger partial charge in [-0.15, -0.1) is 0 Å². The fourth-order valence-electron chi connectivity index (χ4n) is 3.70. The van der Waals surface area contributed by atoms with E-state index in [9.17, 15) is 4.79 Å². The van der Waals surface area contributed by atoms with Crippen LogP contribution in [-0.4, -0.2) is 22.5 Å². The second-order valence-electron chi connectivity index (χ2n) is 11.1. The highest BCUT2D eigenvalue weighted by molar-refractivity contribution is 9.10. The van der Waals surface area contributed by atoms with Gasteiger partial charge in [-0.25, -0.2) is 9.10 Å². The number of para-hydroxylation sites is 1. The Hall–Kier alpha value is -1.31. The molecule has 200 valence electrons. The SMILES string of the molecule is CCC(CC)CCCNc1c(Br)cccc1OC(=O)N(SSc1ccc(C(C)(C)C)cc1)C(C)(C)C. The molecule has 1 amide bonds. The van der Waals surface area contributed by atoms with Gasteiger partial charge in [-0.3, -0.25) is 0 Å². The molecule has 0 aliphatic heterocycles. The van der Waals surface area contributed by atoms with Crippen molar-refractivity contribution >= 4 is 49.5 Å². The van der Waals surface area contributed by atoms with Gasteiger partial charge < -0.3 is 10.1 Å². The number of anilines is 1. The van der Waals surface area contributed by atoms with E-state index < -0.39 is 5.54 Å². The van der Waals surface area contributed by atoms with Gasteiger partial charge in [-0.05, 0) is 101 Å². The standard InChI is InChI=1S/C29H43BrN2O2S2/c1-9-21(10-2)13-12-20-31-26-24(30)14-11-15-25(26)34-27(33)32(29(6,7)8)36-35-23-18-16-22(17-19-23)28(3,4)5/h11,14-19,21,31H,9-10,12-13,20H2,1-8H3. The Morgan fingerprint density at radius 1 is 1.03 bits per heavy atom. The summed E-state index contributed by atoms with van der Waals surface area (Å²) in [5.41, 5.74) is 1.80. The number of halogens is 1. The number of carbonyl (C=O) groups is 1. The molecule has 0 heterocycles. The highest BCUT2D eigenvalue weighted by Gasteiger charge is 2.30.